The molecule has 0 spiro atoms. The van der Waals surface area contributed by atoms with Crippen LogP contribution in [0.3, 0.4) is 0 Å². The average Bonchev–Trinajstić information content (AvgIpc) is 3.27. The molecule has 2 unspecified atom stereocenters. The van der Waals surface area contributed by atoms with Gasteiger partial charge in [0.1, 0.15) is 5.82 Å². The molecule has 2 aliphatic heterocycles. The van der Waals surface area contributed by atoms with Gasteiger partial charge in [-0.15, -0.1) is 24.0 Å². The molecule has 1 saturated carbocycles. The first-order valence-corrected chi connectivity index (χ1v) is 10.9. The van der Waals surface area contributed by atoms with E-state index < -0.39 is 11.7 Å². The Labute approximate surface area is 203 Å². The number of hydrogen-bond acceptors (Lipinski definition) is 4. The highest BCUT2D eigenvalue weighted by molar-refractivity contribution is 14.0. The predicted octanol–water partition coefficient (Wildman–Crippen LogP) is 3.60. The monoisotopic (exact) mass is 572 g/mol. The number of rotatable bonds is 5. The van der Waals surface area contributed by atoms with Crippen LogP contribution in [0.4, 0.5) is 19.0 Å². The first kappa shape index (κ1) is 24.6. The molecule has 3 aliphatic rings. The second kappa shape index (κ2) is 10.3. The summed E-state index contributed by atoms with van der Waals surface area (Å²) >= 11 is 6.09. The summed E-state index contributed by atoms with van der Waals surface area (Å²) in [5.41, 5.74) is -0.832. The molecule has 174 valence electrons. The minimum absolute atomic E-state index is 0. The van der Waals surface area contributed by atoms with Gasteiger partial charge in [0.25, 0.3) is 0 Å². The molecule has 1 aliphatic carbocycles. The number of pyridine rings is 1. The number of anilines is 1. The maximum Gasteiger partial charge on any atom is 0.417 e. The number of guanidine groups is 1. The molecule has 3 heterocycles. The molecule has 4 rings (SSSR count). The lowest BCUT2D eigenvalue weighted by molar-refractivity contribution is -0.137. The number of aromatic nitrogens is 1. The highest BCUT2D eigenvalue weighted by Gasteiger charge is 2.35. The van der Waals surface area contributed by atoms with Crippen LogP contribution in [0, 0.1) is 5.92 Å². The van der Waals surface area contributed by atoms with Gasteiger partial charge in [0.2, 0.25) is 0 Å². The van der Waals surface area contributed by atoms with Crippen molar-refractivity contribution in [2.45, 2.75) is 43.9 Å². The topological polar surface area (TPSA) is 55.8 Å². The number of halogens is 5. The van der Waals surface area contributed by atoms with E-state index in [1.54, 1.807) is 7.05 Å². The van der Waals surface area contributed by atoms with Crippen molar-refractivity contribution in [3.8, 4) is 0 Å². The minimum atomic E-state index is -4.45. The number of hydrogen-bond donors (Lipinski definition) is 2. The zero-order valence-electron chi connectivity index (χ0n) is 17.5. The Hall–Kier alpha value is -1.01. The maximum atomic E-state index is 12.8. The molecule has 11 heteroatoms. The Morgan fingerprint density at radius 1 is 1.23 bits per heavy atom. The summed E-state index contributed by atoms with van der Waals surface area (Å²) in [6, 6.07) is 1.89. The van der Waals surface area contributed by atoms with E-state index in [1.165, 1.54) is 25.8 Å². The normalized spacial score (nSPS) is 24.9. The zero-order chi connectivity index (χ0) is 21.3. The standard InChI is InChI=1S/C20H28ClF3N6.HI/c1-25-19(27-9-13-4-6-29(11-13)16-2-3-16)28-15-5-7-30(12-15)18-17(21)8-14(10-26-18)20(22,23)24;/h8,10,13,15-16H,2-7,9,11-12H2,1H3,(H2,25,27,28);1H. The first-order chi connectivity index (χ1) is 14.3. The Balaban J connectivity index is 0.00000272. The van der Waals surface area contributed by atoms with Gasteiger partial charge in [-0.1, -0.05) is 11.6 Å². The third-order valence-electron chi connectivity index (χ3n) is 6.14. The molecule has 1 aromatic rings. The molecule has 0 amide bonds. The molecular weight excluding hydrogens is 544 g/mol. The average molecular weight is 573 g/mol. The summed E-state index contributed by atoms with van der Waals surface area (Å²) in [7, 11) is 1.75. The minimum Gasteiger partial charge on any atom is -0.356 e. The number of alkyl halides is 3. The lowest BCUT2D eigenvalue weighted by Gasteiger charge is -2.21. The maximum absolute atomic E-state index is 12.8. The van der Waals surface area contributed by atoms with Crippen LogP contribution in [0.5, 0.6) is 0 Å². The summed E-state index contributed by atoms with van der Waals surface area (Å²) < 4.78 is 38.5. The molecule has 0 bridgehead atoms. The van der Waals surface area contributed by atoms with Crippen LogP contribution >= 0.6 is 35.6 Å². The molecule has 0 radical (unpaired) electrons. The molecule has 1 aromatic heterocycles. The fraction of sp³-hybridized carbons (Fsp3) is 0.700. The predicted molar refractivity (Wildman–Crippen MR) is 127 cm³/mol. The van der Waals surface area contributed by atoms with Crippen molar-refractivity contribution < 1.29 is 13.2 Å². The fourth-order valence-corrected chi connectivity index (χ4v) is 4.60. The van der Waals surface area contributed by atoms with Crippen molar-refractivity contribution in [2.75, 3.05) is 44.7 Å². The first-order valence-electron chi connectivity index (χ1n) is 10.5. The molecule has 2 N–H and O–H groups in total. The van der Waals surface area contributed by atoms with Gasteiger partial charge in [0.05, 0.1) is 10.6 Å². The molecule has 2 atom stereocenters. The summed E-state index contributed by atoms with van der Waals surface area (Å²) in [4.78, 5) is 12.8. The van der Waals surface area contributed by atoms with Gasteiger partial charge in [-0.25, -0.2) is 4.98 Å². The molecule has 0 aromatic carbocycles. The van der Waals surface area contributed by atoms with Crippen LogP contribution in [-0.4, -0.2) is 67.7 Å². The third-order valence-corrected chi connectivity index (χ3v) is 6.42. The second-order valence-electron chi connectivity index (χ2n) is 8.44. The van der Waals surface area contributed by atoms with Crippen LogP contribution in [0.25, 0.3) is 0 Å². The Morgan fingerprint density at radius 3 is 2.65 bits per heavy atom. The van der Waals surface area contributed by atoms with Crippen molar-refractivity contribution in [2.24, 2.45) is 10.9 Å². The van der Waals surface area contributed by atoms with Gasteiger partial charge in [0.15, 0.2) is 5.96 Å². The number of nitrogens with one attached hydrogen (secondary N) is 2. The van der Waals surface area contributed by atoms with E-state index in [-0.39, 0.29) is 35.0 Å². The van der Waals surface area contributed by atoms with Crippen molar-refractivity contribution in [1.29, 1.82) is 0 Å². The number of aliphatic imine (C=N–C) groups is 1. The van der Waals surface area contributed by atoms with E-state index in [9.17, 15) is 13.2 Å². The number of nitrogens with zero attached hydrogens (tertiary/aromatic N) is 4. The van der Waals surface area contributed by atoms with Gasteiger partial charge in [0, 0.05) is 51.5 Å². The van der Waals surface area contributed by atoms with Crippen molar-refractivity contribution in [3.05, 3.63) is 22.8 Å². The van der Waals surface area contributed by atoms with Crippen molar-refractivity contribution in [3.63, 3.8) is 0 Å². The molecule has 31 heavy (non-hydrogen) atoms. The van der Waals surface area contributed by atoms with Crippen LogP contribution in [0.2, 0.25) is 5.02 Å². The van der Waals surface area contributed by atoms with Crippen LogP contribution in [0.15, 0.2) is 17.3 Å². The largest absolute Gasteiger partial charge is 0.417 e. The van der Waals surface area contributed by atoms with Crippen molar-refractivity contribution in [1.82, 2.24) is 20.5 Å². The van der Waals surface area contributed by atoms with Gasteiger partial charge >= 0.3 is 6.18 Å². The van der Waals surface area contributed by atoms with E-state index in [2.05, 4.69) is 25.5 Å². The lowest BCUT2D eigenvalue weighted by atomic mass is 10.1. The van der Waals surface area contributed by atoms with Crippen molar-refractivity contribution >= 4 is 47.4 Å². The highest BCUT2D eigenvalue weighted by Crippen LogP contribution is 2.34. The summed E-state index contributed by atoms with van der Waals surface area (Å²) in [6.45, 7) is 4.53. The van der Waals surface area contributed by atoms with Gasteiger partial charge < -0.3 is 20.4 Å². The zero-order valence-corrected chi connectivity index (χ0v) is 20.5. The highest BCUT2D eigenvalue weighted by atomic mass is 127. The second-order valence-corrected chi connectivity index (χ2v) is 8.84. The molecule has 3 fully saturated rings. The van der Waals surface area contributed by atoms with Crippen LogP contribution in [0.1, 0.15) is 31.2 Å². The van der Waals surface area contributed by atoms with Crippen LogP contribution < -0.4 is 15.5 Å². The number of likely N-dealkylation sites (tertiary alicyclic amines) is 1. The molecular formula is C20H29ClF3IN6. The van der Waals surface area contributed by atoms with E-state index in [4.69, 9.17) is 11.6 Å². The Kier molecular flexibility index (Phi) is 8.17. The Bertz CT molecular complexity index is 789. The molecule has 2 saturated heterocycles. The van der Waals surface area contributed by atoms with E-state index in [1.807, 2.05) is 4.90 Å². The quantitative estimate of drug-likeness (QED) is 0.321. The SMILES string of the molecule is CN=C(NCC1CCN(C2CC2)C1)NC1CCN(c2ncc(C(F)(F)F)cc2Cl)C1.I. The summed E-state index contributed by atoms with van der Waals surface area (Å²) in [6.07, 6.45) is 1.14. The van der Waals surface area contributed by atoms with Gasteiger partial charge in [-0.2, -0.15) is 13.2 Å². The smallest absolute Gasteiger partial charge is 0.356 e. The lowest BCUT2D eigenvalue weighted by Crippen LogP contribution is -2.46. The fourth-order valence-electron chi connectivity index (χ4n) is 4.32. The van der Waals surface area contributed by atoms with E-state index >= 15 is 0 Å². The Morgan fingerprint density at radius 2 is 2.00 bits per heavy atom. The van der Waals surface area contributed by atoms with Crippen LogP contribution in [-0.2, 0) is 6.18 Å². The van der Waals surface area contributed by atoms with Gasteiger partial charge in [-0.3, -0.25) is 4.99 Å². The molecule has 6 nitrogen and oxygen atoms in total. The summed E-state index contributed by atoms with van der Waals surface area (Å²) in [5.74, 6) is 1.79. The van der Waals surface area contributed by atoms with E-state index in [0.29, 0.717) is 24.8 Å². The van der Waals surface area contributed by atoms with E-state index in [0.717, 1.165) is 43.8 Å². The third kappa shape index (κ3) is 6.28. The van der Waals surface area contributed by atoms with Gasteiger partial charge in [-0.05, 0) is 44.2 Å². The summed E-state index contributed by atoms with van der Waals surface area (Å²) in [5, 5.41) is 6.88.